The molecule has 204 valence electrons. The molecule has 5 rings (SSSR count). The number of rotatable bonds is 4. The molecule has 2 bridgehead atoms. The Bertz CT molecular complexity index is 1480. The third-order valence-corrected chi connectivity index (χ3v) is 6.28. The largest absolute Gasteiger partial charge is 0.493 e. The molecule has 1 N–H and O–H groups in total. The van der Waals surface area contributed by atoms with Crippen molar-refractivity contribution in [3.05, 3.63) is 60.2 Å². The van der Waals surface area contributed by atoms with Crippen LogP contribution in [0.25, 0.3) is 22.6 Å². The molecular weight excluding hydrogens is 513 g/mol. The minimum Gasteiger partial charge on any atom is -0.493 e. The molecule has 4 aromatic rings. The lowest BCUT2D eigenvalue weighted by atomic mass is 9.97. The van der Waals surface area contributed by atoms with E-state index in [1.807, 2.05) is 23.6 Å². The van der Waals surface area contributed by atoms with Crippen molar-refractivity contribution in [2.24, 2.45) is 0 Å². The molecule has 0 spiro atoms. The summed E-state index contributed by atoms with van der Waals surface area (Å²) in [5, 5.41) is 15.0. The van der Waals surface area contributed by atoms with Crippen molar-refractivity contribution >= 4 is 11.7 Å². The topological polar surface area (TPSA) is 103 Å². The summed E-state index contributed by atoms with van der Waals surface area (Å²) in [6.45, 7) is 1.86. The van der Waals surface area contributed by atoms with Crippen molar-refractivity contribution in [2.45, 2.75) is 32.1 Å². The number of amides is 1. The van der Waals surface area contributed by atoms with Gasteiger partial charge >= 0.3 is 6.18 Å². The first kappa shape index (κ1) is 26.4. The van der Waals surface area contributed by atoms with E-state index >= 15 is 0 Å². The van der Waals surface area contributed by atoms with Gasteiger partial charge < -0.3 is 19.5 Å². The molecule has 13 heteroatoms. The fourth-order valence-corrected chi connectivity index (χ4v) is 4.27. The first-order chi connectivity index (χ1) is 18.7. The number of benzene rings is 1. The molecule has 0 aliphatic carbocycles. The van der Waals surface area contributed by atoms with Crippen LogP contribution in [-0.2, 0) is 19.3 Å². The Morgan fingerprint density at radius 1 is 1.15 bits per heavy atom. The van der Waals surface area contributed by atoms with E-state index in [1.165, 1.54) is 12.3 Å². The minimum absolute atomic E-state index is 0.0357. The lowest BCUT2D eigenvalue weighted by Crippen LogP contribution is -2.18. The monoisotopic (exact) mass is 540 g/mol. The SMILES string of the molecule is CN(C)CCn1cc(-c2cc3c(cc2C(F)(F)F)OCCCCn2cnnc2-c2cccc(n2)NC3=O)cn1. The van der Waals surface area contributed by atoms with Crippen molar-refractivity contribution in [2.75, 3.05) is 32.6 Å². The maximum atomic E-state index is 14.2. The van der Waals surface area contributed by atoms with Gasteiger partial charge in [-0.25, -0.2) is 4.98 Å². The first-order valence-electron chi connectivity index (χ1n) is 12.4. The number of ether oxygens (including phenoxy) is 1. The molecule has 0 saturated carbocycles. The lowest BCUT2D eigenvalue weighted by Gasteiger charge is -2.18. The van der Waals surface area contributed by atoms with Gasteiger partial charge in [-0.05, 0) is 56.8 Å². The molecular formula is C26H27F3N8O2. The molecule has 0 saturated heterocycles. The van der Waals surface area contributed by atoms with Crippen LogP contribution in [0.4, 0.5) is 19.0 Å². The highest BCUT2D eigenvalue weighted by atomic mass is 19.4. The van der Waals surface area contributed by atoms with Crippen LogP contribution in [0.1, 0.15) is 28.8 Å². The van der Waals surface area contributed by atoms with Crippen LogP contribution in [0.2, 0.25) is 0 Å². The molecule has 1 aliphatic heterocycles. The van der Waals surface area contributed by atoms with Crippen LogP contribution in [0.15, 0.2) is 49.1 Å². The van der Waals surface area contributed by atoms with Gasteiger partial charge in [-0.3, -0.25) is 9.48 Å². The number of aromatic nitrogens is 6. The van der Waals surface area contributed by atoms with Crippen LogP contribution < -0.4 is 10.1 Å². The molecule has 10 nitrogen and oxygen atoms in total. The second kappa shape index (κ2) is 10.8. The van der Waals surface area contributed by atoms with Crippen LogP contribution in [0.3, 0.4) is 0 Å². The van der Waals surface area contributed by atoms with Crippen molar-refractivity contribution in [1.82, 2.24) is 34.4 Å². The number of aryl methyl sites for hydroxylation is 1. The molecule has 1 amide bonds. The normalized spacial score (nSPS) is 14.3. The Hall–Kier alpha value is -4.26. The maximum absolute atomic E-state index is 14.2. The number of hydrogen-bond donors (Lipinski definition) is 1. The Balaban J connectivity index is 1.57. The smallest absolute Gasteiger partial charge is 0.417 e. The van der Waals surface area contributed by atoms with Crippen molar-refractivity contribution in [3.8, 4) is 28.4 Å². The van der Waals surface area contributed by atoms with Gasteiger partial charge in [0.05, 0.1) is 30.5 Å². The van der Waals surface area contributed by atoms with E-state index in [9.17, 15) is 18.0 Å². The number of nitrogens with zero attached hydrogens (tertiary/aromatic N) is 7. The maximum Gasteiger partial charge on any atom is 0.417 e. The number of carbonyl (C=O) groups excluding carboxylic acids is 1. The predicted molar refractivity (Wildman–Crippen MR) is 137 cm³/mol. The number of likely N-dealkylation sites (N-methyl/N-ethyl adjacent to an activating group) is 1. The summed E-state index contributed by atoms with van der Waals surface area (Å²) >= 11 is 0. The van der Waals surface area contributed by atoms with Gasteiger partial charge in [-0.15, -0.1) is 10.2 Å². The molecule has 0 unspecified atom stereocenters. The second-order valence-corrected chi connectivity index (χ2v) is 9.45. The average Bonchev–Trinajstić information content (AvgIpc) is 3.56. The van der Waals surface area contributed by atoms with Crippen LogP contribution in [0, 0.1) is 0 Å². The van der Waals surface area contributed by atoms with Crippen molar-refractivity contribution in [3.63, 3.8) is 0 Å². The molecule has 0 radical (unpaired) electrons. The molecule has 0 atom stereocenters. The summed E-state index contributed by atoms with van der Waals surface area (Å²) in [6, 6.07) is 7.16. The predicted octanol–water partition coefficient (Wildman–Crippen LogP) is 4.21. The van der Waals surface area contributed by atoms with E-state index in [0.717, 1.165) is 6.07 Å². The number of halogens is 3. The number of fused-ring (bicyclic) bond motifs is 5. The zero-order chi connectivity index (χ0) is 27.6. The summed E-state index contributed by atoms with van der Waals surface area (Å²) in [4.78, 5) is 19.9. The van der Waals surface area contributed by atoms with Gasteiger partial charge in [-0.1, -0.05) is 6.07 Å². The summed E-state index contributed by atoms with van der Waals surface area (Å²) < 4.78 is 51.9. The van der Waals surface area contributed by atoms with E-state index in [2.05, 4.69) is 25.6 Å². The number of anilines is 1. The molecule has 3 aromatic heterocycles. The van der Waals surface area contributed by atoms with Crippen LogP contribution >= 0.6 is 0 Å². The van der Waals surface area contributed by atoms with E-state index in [4.69, 9.17) is 4.74 Å². The van der Waals surface area contributed by atoms with Gasteiger partial charge in [-0.2, -0.15) is 18.3 Å². The van der Waals surface area contributed by atoms with E-state index in [-0.39, 0.29) is 34.9 Å². The fourth-order valence-electron chi connectivity index (χ4n) is 4.27. The third-order valence-electron chi connectivity index (χ3n) is 6.28. The summed E-state index contributed by atoms with van der Waals surface area (Å²) in [5.41, 5.74) is -0.345. The number of nitrogens with one attached hydrogen (secondary N) is 1. The van der Waals surface area contributed by atoms with Gasteiger partial charge in [0.25, 0.3) is 5.91 Å². The standard InChI is InChI=1S/C26H27F3N8O2/c1-35(2)9-10-37-15-17(14-31-37)18-12-19-22(13-20(18)26(27,28)29)39-11-4-3-8-36-16-30-34-24(36)21-6-5-7-23(32-21)33-25(19)38/h5-7,12-16H,3-4,8-11H2,1-2H3,(H,32,33,38). The van der Waals surface area contributed by atoms with Gasteiger partial charge in [0.1, 0.15) is 23.6 Å². The minimum atomic E-state index is -4.68. The van der Waals surface area contributed by atoms with Crippen molar-refractivity contribution in [1.29, 1.82) is 0 Å². The second-order valence-electron chi connectivity index (χ2n) is 9.45. The highest BCUT2D eigenvalue weighted by molar-refractivity contribution is 6.06. The first-order valence-corrected chi connectivity index (χ1v) is 12.4. The highest BCUT2D eigenvalue weighted by Gasteiger charge is 2.36. The number of hydrogen-bond acceptors (Lipinski definition) is 7. The third kappa shape index (κ3) is 5.93. The molecule has 39 heavy (non-hydrogen) atoms. The van der Waals surface area contributed by atoms with Gasteiger partial charge in [0, 0.05) is 24.8 Å². The summed E-state index contributed by atoms with van der Waals surface area (Å²) in [6.07, 6.45) is 1.01. The van der Waals surface area contributed by atoms with Gasteiger partial charge in [0.15, 0.2) is 5.82 Å². The molecule has 1 aliphatic rings. The van der Waals surface area contributed by atoms with E-state index in [1.54, 1.807) is 35.4 Å². The Morgan fingerprint density at radius 3 is 2.79 bits per heavy atom. The van der Waals surface area contributed by atoms with Gasteiger partial charge in [0.2, 0.25) is 0 Å². The number of carbonyl (C=O) groups is 1. The quantitative estimate of drug-likeness (QED) is 0.414. The Morgan fingerprint density at radius 2 is 2.00 bits per heavy atom. The summed E-state index contributed by atoms with van der Waals surface area (Å²) in [7, 11) is 3.79. The summed E-state index contributed by atoms with van der Waals surface area (Å²) in [5.74, 6) is -0.0363. The Kier molecular flexibility index (Phi) is 7.33. The lowest BCUT2D eigenvalue weighted by molar-refractivity contribution is -0.137. The Labute approximate surface area is 222 Å². The fraction of sp³-hybridized carbons (Fsp3) is 0.346. The highest BCUT2D eigenvalue weighted by Crippen LogP contribution is 2.41. The zero-order valence-corrected chi connectivity index (χ0v) is 21.4. The molecule has 1 aromatic carbocycles. The van der Waals surface area contributed by atoms with E-state index < -0.39 is 17.6 Å². The van der Waals surface area contributed by atoms with Crippen LogP contribution in [-0.4, -0.2) is 67.6 Å². The van der Waals surface area contributed by atoms with E-state index in [0.29, 0.717) is 44.0 Å². The molecule has 4 heterocycles. The molecule has 0 fully saturated rings. The average molecular weight is 541 g/mol. The number of alkyl halides is 3. The van der Waals surface area contributed by atoms with Crippen molar-refractivity contribution < 1.29 is 22.7 Å². The zero-order valence-electron chi connectivity index (χ0n) is 21.4. The van der Waals surface area contributed by atoms with Crippen LogP contribution in [0.5, 0.6) is 5.75 Å². The number of pyridine rings is 1.